The van der Waals surface area contributed by atoms with Gasteiger partial charge in [0, 0.05) is 6.92 Å². The first-order valence-corrected chi connectivity index (χ1v) is 12.7. The van der Waals surface area contributed by atoms with E-state index in [0.717, 1.165) is 48.3 Å². The molecule has 2 rings (SSSR count). The molecule has 3 atom stereocenters. The molecule has 0 aliphatic carbocycles. The zero-order valence-electron chi connectivity index (χ0n) is 21.0. The molecule has 0 aromatic heterocycles. The van der Waals surface area contributed by atoms with E-state index >= 15 is 0 Å². The van der Waals surface area contributed by atoms with Gasteiger partial charge in [-0.05, 0) is 74.1 Å². The zero-order valence-corrected chi connectivity index (χ0v) is 21.0. The second kappa shape index (κ2) is 12.5. The van der Waals surface area contributed by atoms with Crippen LogP contribution in [0.4, 0.5) is 0 Å². The molecule has 1 aromatic carbocycles. The maximum absolute atomic E-state index is 11.2. The first kappa shape index (κ1) is 25.7. The summed E-state index contributed by atoms with van der Waals surface area (Å²) in [5.74, 6) is 3.80. The normalized spacial score (nSPS) is 20.1. The summed E-state index contributed by atoms with van der Waals surface area (Å²) in [5.41, 5.74) is 1.06. The third kappa shape index (κ3) is 9.66. The molecule has 3 heteroatoms. The summed E-state index contributed by atoms with van der Waals surface area (Å²) in [6.07, 6.45) is 13.9. The van der Waals surface area contributed by atoms with Crippen molar-refractivity contribution in [3.63, 3.8) is 0 Å². The molecule has 0 spiro atoms. The van der Waals surface area contributed by atoms with Crippen LogP contribution in [-0.4, -0.2) is 11.6 Å². The van der Waals surface area contributed by atoms with Crippen molar-refractivity contribution in [3.8, 4) is 11.5 Å². The van der Waals surface area contributed by atoms with Crippen LogP contribution in [0.3, 0.4) is 0 Å². The summed E-state index contributed by atoms with van der Waals surface area (Å²) in [7, 11) is 0. The SMILES string of the molecule is CC(=O)Oc1ccc2c(c1)CC[C@](C)(CCC[C@H](C)CCC[C@H](C)CCCC(C)C)O2. The fourth-order valence-electron chi connectivity index (χ4n) is 4.77. The van der Waals surface area contributed by atoms with Gasteiger partial charge in [-0.3, -0.25) is 4.79 Å². The molecule has 0 amide bonds. The maximum atomic E-state index is 11.2. The van der Waals surface area contributed by atoms with Gasteiger partial charge in [-0.2, -0.15) is 0 Å². The number of hydrogen-bond donors (Lipinski definition) is 0. The Morgan fingerprint density at radius 2 is 1.61 bits per heavy atom. The van der Waals surface area contributed by atoms with Crippen molar-refractivity contribution in [1.29, 1.82) is 0 Å². The first-order valence-electron chi connectivity index (χ1n) is 12.7. The van der Waals surface area contributed by atoms with E-state index in [4.69, 9.17) is 9.47 Å². The Labute approximate surface area is 191 Å². The van der Waals surface area contributed by atoms with Crippen LogP contribution in [-0.2, 0) is 11.2 Å². The minimum atomic E-state index is -0.281. The molecule has 0 radical (unpaired) electrons. The summed E-state index contributed by atoms with van der Waals surface area (Å²) in [5, 5.41) is 0. The van der Waals surface area contributed by atoms with Crippen LogP contribution in [0.1, 0.15) is 111 Å². The lowest BCUT2D eigenvalue weighted by Crippen LogP contribution is -2.36. The lowest BCUT2D eigenvalue weighted by molar-refractivity contribution is -0.131. The summed E-state index contributed by atoms with van der Waals surface area (Å²) < 4.78 is 11.6. The number of esters is 1. The van der Waals surface area contributed by atoms with E-state index in [9.17, 15) is 4.79 Å². The summed E-state index contributed by atoms with van der Waals surface area (Å²) in [6, 6.07) is 5.73. The van der Waals surface area contributed by atoms with Crippen molar-refractivity contribution in [3.05, 3.63) is 23.8 Å². The van der Waals surface area contributed by atoms with Gasteiger partial charge < -0.3 is 9.47 Å². The number of hydrogen-bond acceptors (Lipinski definition) is 3. The van der Waals surface area contributed by atoms with Crippen molar-refractivity contribution in [1.82, 2.24) is 0 Å². The Morgan fingerprint density at radius 3 is 2.23 bits per heavy atom. The van der Waals surface area contributed by atoms with Gasteiger partial charge in [-0.15, -0.1) is 0 Å². The minimum absolute atomic E-state index is 0.0827. The molecule has 0 N–H and O–H groups in total. The molecule has 0 bridgehead atoms. The first-order chi connectivity index (χ1) is 14.7. The highest BCUT2D eigenvalue weighted by Gasteiger charge is 2.31. The lowest BCUT2D eigenvalue weighted by Gasteiger charge is -2.36. The highest BCUT2D eigenvalue weighted by molar-refractivity contribution is 5.69. The van der Waals surface area contributed by atoms with Crippen LogP contribution in [0.15, 0.2) is 18.2 Å². The van der Waals surface area contributed by atoms with Gasteiger partial charge in [0.05, 0.1) is 0 Å². The van der Waals surface area contributed by atoms with Gasteiger partial charge in [0.15, 0.2) is 0 Å². The van der Waals surface area contributed by atoms with Crippen molar-refractivity contribution in [2.45, 2.75) is 118 Å². The second-order valence-corrected chi connectivity index (χ2v) is 10.8. The highest BCUT2D eigenvalue weighted by atomic mass is 16.5. The molecular formula is C28H46O3. The van der Waals surface area contributed by atoms with E-state index in [1.54, 1.807) is 0 Å². The fraction of sp³-hybridized carbons (Fsp3) is 0.750. The smallest absolute Gasteiger partial charge is 0.308 e. The fourth-order valence-corrected chi connectivity index (χ4v) is 4.77. The number of fused-ring (bicyclic) bond motifs is 1. The predicted molar refractivity (Wildman–Crippen MR) is 130 cm³/mol. The molecule has 3 nitrogen and oxygen atoms in total. The molecule has 31 heavy (non-hydrogen) atoms. The minimum Gasteiger partial charge on any atom is -0.487 e. The largest absolute Gasteiger partial charge is 0.487 e. The Hall–Kier alpha value is -1.51. The molecule has 0 saturated carbocycles. The Bertz CT molecular complexity index is 681. The topological polar surface area (TPSA) is 35.5 Å². The molecule has 0 saturated heterocycles. The zero-order chi connectivity index (χ0) is 22.9. The number of carbonyl (C=O) groups excluding carboxylic acids is 1. The molecular weight excluding hydrogens is 384 g/mol. The molecule has 0 fully saturated rings. The second-order valence-electron chi connectivity index (χ2n) is 10.8. The third-order valence-electron chi connectivity index (χ3n) is 6.85. The van der Waals surface area contributed by atoms with Crippen molar-refractivity contribution in [2.75, 3.05) is 0 Å². The molecule has 1 heterocycles. The number of aryl methyl sites for hydroxylation is 1. The standard InChI is InChI=1S/C28H46O3/c1-21(2)10-7-11-22(3)12-8-13-23(4)14-9-18-28(6)19-17-25-20-26(30-24(5)29)15-16-27(25)31-28/h15-16,20-23H,7-14,17-19H2,1-6H3/t22-,23-,28+/m1/s1. The average molecular weight is 431 g/mol. The van der Waals surface area contributed by atoms with E-state index in [1.807, 2.05) is 18.2 Å². The van der Waals surface area contributed by atoms with Gasteiger partial charge in [-0.1, -0.05) is 72.6 Å². The van der Waals surface area contributed by atoms with Gasteiger partial charge >= 0.3 is 5.97 Å². The van der Waals surface area contributed by atoms with Crippen LogP contribution in [0.5, 0.6) is 11.5 Å². The highest BCUT2D eigenvalue weighted by Crippen LogP contribution is 2.38. The van der Waals surface area contributed by atoms with Crippen molar-refractivity contribution < 1.29 is 14.3 Å². The number of ether oxygens (including phenoxy) is 2. The summed E-state index contributed by atoms with van der Waals surface area (Å²) in [6.45, 7) is 13.2. The van der Waals surface area contributed by atoms with E-state index in [0.29, 0.717) is 5.75 Å². The third-order valence-corrected chi connectivity index (χ3v) is 6.85. The molecule has 0 unspecified atom stereocenters. The Morgan fingerprint density at radius 1 is 1.00 bits per heavy atom. The van der Waals surface area contributed by atoms with Gasteiger partial charge in [0.1, 0.15) is 17.1 Å². The van der Waals surface area contributed by atoms with Crippen molar-refractivity contribution in [2.24, 2.45) is 17.8 Å². The van der Waals surface area contributed by atoms with E-state index < -0.39 is 0 Å². The van der Waals surface area contributed by atoms with Crippen LogP contribution in [0.25, 0.3) is 0 Å². The van der Waals surface area contributed by atoms with Gasteiger partial charge in [0.2, 0.25) is 0 Å². The number of carbonyl (C=O) groups is 1. The van der Waals surface area contributed by atoms with Crippen LogP contribution < -0.4 is 9.47 Å². The molecule has 1 aliphatic rings. The van der Waals surface area contributed by atoms with Gasteiger partial charge in [-0.25, -0.2) is 0 Å². The monoisotopic (exact) mass is 430 g/mol. The molecule has 1 aliphatic heterocycles. The van der Waals surface area contributed by atoms with Crippen LogP contribution >= 0.6 is 0 Å². The predicted octanol–water partition coefficient (Wildman–Crippen LogP) is 8.13. The van der Waals surface area contributed by atoms with E-state index in [1.165, 1.54) is 58.3 Å². The maximum Gasteiger partial charge on any atom is 0.308 e. The Kier molecular flexibility index (Phi) is 10.4. The number of rotatable bonds is 13. The molecule has 176 valence electrons. The van der Waals surface area contributed by atoms with E-state index in [-0.39, 0.29) is 11.6 Å². The lowest BCUT2D eigenvalue weighted by atomic mass is 9.86. The summed E-state index contributed by atoms with van der Waals surface area (Å²) in [4.78, 5) is 11.2. The van der Waals surface area contributed by atoms with Crippen LogP contribution in [0.2, 0.25) is 0 Å². The average Bonchev–Trinajstić information content (AvgIpc) is 2.67. The molecule has 1 aromatic rings. The quantitative estimate of drug-likeness (QED) is 0.234. The van der Waals surface area contributed by atoms with Gasteiger partial charge in [0.25, 0.3) is 0 Å². The van der Waals surface area contributed by atoms with E-state index in [2.05, 4.69) is 34.6 Å². The summed E-state index contributed by atoms with van der Waals surface area (Å²) >= 11 is 0. The van der Waals surface area contributed by atoms with Crippen molar-refractivity contribution >= 4 is 5.97 Å². The van der Waals surface area contributed by atoms with Crippen LogP contribution in [0, 0.1) is 17.8 Å². The Balaban J connectivity index is 1.66. The number of benzene rings is 1.